The molecule has 2 aromatic rings. The number of piperazine rings is 1. The van der Waals surface area contributed by atoms with Crippen LogP contribution in [0.25, 0.3) is 10.9 Å². The molecule has 0 spiro atoms. The van der Waals surface area contributed by atoms with Gasteiger partial charge in [-0.15, -0.1) is 0 Å². The topological polar surface area (TPSA) is 91.4 Å². The number of amides is 1. The number of aromatic amines is 1. The average Bonchev–Trinajstić information content (AvgIpc) is 2.87. The summed E-state index contributed by atoms with van der Waals surface area (Å²) in [5.41, 5.74) is -1.25. The number of hydrogen-bond acceptors (Lipinski definition) is 6. The summed E-state index contributed by atoms with van der Waals surface area (Å²) in [6.07, 6.45) is 2.74. The number of aromatic nitrogens is 3. The zero-order valence-electron chi connectivity index (χ0n) is 15.8. The quantitative estimate of drug-likeness (QED) is 0.728. The standard InChI is InChI=1S/C18H21ClFN5O3/c1-18(2,3)28-17(27)25-9-4-5-10(25)8-24(7-9)15-11-6-21-14(19)12(20)13(11)22-16(26)23-15/h6,9-10H,4-5,7-8H2,1-3H3,(H,22,23,26)/t9-,10+. The van der Waals surface area contributed by atoms with E-state index in [0.29, 0.717) is 24.3 Å². The lowest BCUT2D eigenvalue weighted by Crippen LogP contribution is -2.57. The van der Waals surface area contributed by atoms with Crippen LogP contribution in [0.2, 0.25) is 5.15 Å². The van der Waals surface area contributed by atoms with Crippen molar-refractivity contribution in [3.8, 4) is 0 Å². The normalized spacial score (nSPS) is 22.0. The van der Waals surface area contributed by atoms with Crippen LogP contribution in [0, 0.1) is 5.82 Å². The second-order valence-corrected chi connectivity index (χ2v) is 8.55. The number of ether oxygens (including phenoxy) is 1. The van der Waals surface area contributed by atoms with E-state index in [4.69, 9.17) is 16.3 Å². The van der Waals surface area contributed by atoms with E-state index >= 15 is 0 Å². The highest BCUT2D eigenvalue weighted by Gasteiger charge is 2.45. The summed E-state index contributed by atoms with van der Waals surface area (Å²) >= 11 is 5.74. The minimum Gasteiger partial charge on any atom is -0.444 e. The van der Waals surface area contributed by atoms with Crippen LogP contribution in [-0.2, 0) is 4.74 Å². The molecule has 0 aromatic carbocycles. The number of halogens is 2. The molecule has 2 bridgehead atoms. The summed E-state index contributed by atoms with van der Waals surface area (Å²) in [5.74, 6) is -0.433. The zero-order chi connectivity index (χ0) is 20.2. The molecule has 0 saturated carbocycles. The Bertz CT molecular complexity index is 991. The molecule has 2 fully saturated rings. The number of nitrogens with zero attached hydrogens (tertiary/aromatic N) is 4. The van der Waals surface area contributed by atoms with Gasteiger partial charge in [0.15, 0.2) is 11.0 Å². The predicted molar refractivity (Wildman–Crippen MR) is 102 cm³/mol. The molecule has 1 N–H and O–H groups in total. The Hall–Kier alpha value is -2.42. The monoisotopic (exact) mass is 409 g/mol. The van der Waals surface area contributed by atoms with Crippen molar-refractivity contribution in [1.29, 1.82) is 0 Å². The average molecular weight is 410 g/mol. The molecule has 2 aromatic heterocycles. The van der Waals surface area contributed by atoms with Crippen molar-refractivity contribution in [3.63, 3.8) is 0 Å². The highest BCUT2D eigenvalue weighted by Crippen LogP contribution is 2.35. The van der Waals surface area contributed by atoms with Crippen LogP contribution < -0.4 is 10.6 Å². The van der Waals surface area contributed by atoms with Gasteiger partial charge in [0.1, 0.15) is 11.4 Å². The summed E-state index contributed by atoms with van der Waals surface area (Å²) < 4.78 is 19.9. The molecule has 2 aliphatic heterocycles. The van der Waals surface area contributed by atoms with Crippen LogP contribution in [0.5, 0.6) is 0 Å². The third kappa shape index (κ3) is 3.28. The molecular formula is C18H21ClFN5O3. The number of rotatable bonds is 1. The van der Waals surface area contributed by atoms with E-state index in [1.54, 1.807) is 4.90 Å². The SMILES string of the molecule is CC(C)(C)OC(=O)N1[C@@H]2CC[C@H]1CN(c1nc(=O)[nH]c3c(F)c(Cl)ncc13)C2. The third-order valence-electron chi connectivity index (χ3n) is 5.04. The summed E-state index contributed by atoms with van der Waals surface area (Å²) in [4.78, 5) is 38.6. The molecule has 8 nitrogen and oxygen atoms in total. The maximum atomic E-state index is 14.3. The lowest BCUT2D eigenvalue weighted by molar-refractivity contribution is 0.0123. The summed E-state index contributed by atoms with van der Waals surface area (Å²) in [6, 6.07) is -0.121. The first kappa shape index (κ1) is 18.9. The van der Waals surface area contributed by atoms with Gasteiger partial charge in [0.05, 0.1) is 23.0 Å². The lowest BCUT2D eigenvalue weighted by Gasteiger charge is -2.41. The maximum absolute atomic E-state index is 14.3. The van der Waals surface area contributed by atoms with Crippen LogP contribution in [0.3, 0.4) is 0 Å². The highest BCUT2D eigenvalue weighted by molar-refractivity contribution is 6.30. The van der Waals surface area contributed by atoms with Gasteiger partial charge >= 0.3 is 11.8 Å². The van der Waals surface area contributed by atoms with E-state index in [9.17, 15) is 14.0 Å². The van der Waals surface area contributed by atoms with Gasteiger partial charge in [0.25, 0.3) is 0 Å². The Morgan fingerprint density at radius 2 is 1.96 bits per heavy atom. The van der Waals surface area contributed by atoms with E-state index in [1.165, 1.54) is 6.20 Å². The summed E-state index contributed by atoms with van der Waals surface area (Å²) in [7, 11) is 0. The van der Waals surface area contributed by atoms with E-state index in [2.05, 4.69) is 15.0 Å². The van der Waals surface area contributed by atoms with Gasteiger partial charge in [-0.05, 0) is 33.6 Å². The number of carbonyl (C=O) groups is 1. The molecule has 2 atom stereocenters. The van der Waals surface area contributed by atoms with Crippen molar-refractivity contribution in [2.45, 2.75) is 51.3 Å². The Kier molecular flexibility index (Phi) is 4.45. The van der Waals surface area contributed by atoms with Gasteiger partial charge < -0.3 is 14.6 Å². The van der Waals surface area contributed by atoms with Crippen LogP contribution in [-0.4, -0.2) is 56.7 Å². The first-order valence-corrected chi connectivity index (χ1v) is 9.52. The Labute approximate surface area is 165 Å². The number of nitrogens with one attached hydrogen (secondary N) is 1. The number of anilines is 1. The number of fused-ring (bicyclic) bond motifs is 3. The van der Waals surface area contributed by atoms with Gasteiger partial charge in [-0.1, -0.05) is 11.6 Å². The zero-order valence-corrected chi connectivity index (χ0v) is 16.6. The predicted octanol–water partition coefficient (Wildman–Crippen LogP) is 2.70. The van der Waals surface area contributed by atoms with E-state index in [1.807, 2.05) is 25.7 Å². The van der Waals surface area contributed by atoms with Crippen LogP contribution >= 0.6 is 11.6 Å². The molecule has 0 unspecified atom stereocenters. The molecule has 0 aliphatic carbocycles. The molecule has 0 radical (unpaired) electrons. The molecule has 1 amide bonds. The molecule has 2 saturated heterocycles. The fourth-order valence-corrected chi connectivity index (χ4v) is 4.12. The maximum Gasteiger partial charge on any atom is 0.410 e. The number of hydrogen-bond donors (Lipinski definition) is 1. The van der Waals surface area contributed by atoms with Crippen molar-refractivity contribution in [2.24, 2.45) is 0 Å². The minimum atomic E-state index is -0.782. The Morgan fingerprint density at radius 1 is 1.32 bits per heavy atom. The van der Waals surface area contributed by atoms with Crippen molar-refractivity contribution >= 4 is 34.4 Å². The van der Waals surface area contributed by atoms with E-state index < -0.39 is 17.1 Å². The largest absolute Gasteiger partial charge is 0.444 e. The number of pyridine rings is 1. The van der Waals surface area contributed by atoms with Crippen molar-refractivity contribution in [3.05, 3.63) is 27.7 Å². The molecular weight excluding hydrogens is 389 g/mol. The molecule has 150 valence electrons. The van der Waals surface area contributed by atoms with Gasteiger partial charge in [-0.2, -0.15) is 4.98 Å². The van der Waals surface area contributed by atoms with Crippen LogP contribution in [0.15, 0.2) is 11.0 Å². The summed E-state index contributed by atoms with van der Waals surface area (Å²) in [6.45, 7) is 6.46. The van der Waals surface area contributed by atoms with Crippen LogP contribution in [0.4, 0.5) is 15.0 Å². The van der Waals surface area contributed by atoms with E-state index in [-0.39, 0.29) is 28.8 Å². The van der Waals surface area contributed by atoms with Gasteiger partial charge in [0.2, 0.25) is 0 Å². The fourth-order valence-electron chi connectivity index (χ4n) is 3.98. The van der Waals surface area contributed by atoms with Crippen molar-refractivity contribution in [1.82, 2.24) is 19.9 Å². The molecule has 28 heavy (non-hydrogen) atoms. The van der Waals surface area contributed by atoms with E-state index in [0.717, 1.165) is 12.8 Å². The smallest absolute Gasteiger partial charge is 0.410 e. The van der Waals surface area contributed by atoms with Gasteiger partial charge in [0, 0.05) is 19.3 Å². The first-order valence-electron chi connectivity index (χ1n) is 9.14. The molecule has 2 aliphatic rings. The Balaban J connectivity index is 1.66. The number of H-pyrrole nitrogens is 1. The second-order valence-electron chi connectivity index (χ2n) is 8.19. The highest BCUT2D eigenvalue weighted by atomic mass is 35.5. The first-order chi connectivity index (χ1) is 13.1. The van der Waals surface area contributed by atoms with Crippen molar-refractivity contribution in [2.75, 3.05) is 18.0 Å². The Morgan fingerprint density at radius 3 is 2.57 bits per heavy atom. The van der Waals surface area contributed by atoms with Gasteiger partial charge in [-0.3, -0.25) is 4.90 Å². The third-order valence-corrected chi connectivity index (χ3v) is 5.31. The molecule has 4 heterocycles. The minimum absolute atomic E-state index is 0.0167. The van der Waals surface area contributed by atoms with Gasteiger partial charge in [-0.25, -0.2) is 19.0 Å². The van der Waals surface area contributed by atoms with Crippen molar-refractivity contribution < 1.29 is 13.9 Å². The van der Waals surface area contributed by atoms with Crippen LogP contribution in [0.1, 0.15) is 33.6 Å². The second kappa shape index (κ2) is 6.58. The number of carbonyl (C=O) groups excluding carboxylic acids is 1. The molecule has 10 heteroatoms. The lowest BCUT2D eigenvalue weighted by atomic mass is 10.1. The summed E-state index contributed by atoms with van der Waals surface area (Å²) in [5, 5.41) is 0.0710. The molecule has 4 rings (SSSR count). The fraction of sp³-hybridized carbons (Fsp3) is 0.556.